The number of nitrogens with one attached hydrogen (secondary N) is 2. The number of rotatable bonds is 7. The van der Waals surface area contributed by atoms with E-state index < -0.39 is 0 Å². The predicted octanol–water partition coefficient (Wildman–Crippen LogP) is 2.60. The molecule has 2 aromatic heterocycles. The van der Waals surface area contributed by atoms with Crippen molar-refractivity contribution in [2.45, 2.75) is 26.4 Å². The van der Waals surface area contributed by atoms with Crippen LogP contribution >= 0.6 is 11.3 Å². The number of hydrogen-bond acceptors (Lipinski definition) is 4. The minimum absolute atomic E-state index is 0.681. The van der Waals surface area contributed by atoms with Crippen molar-refractivity contribution in [3.63, 3.8) is 0 Å². The first-order valence-electron chi connectivity index (χ1n) is 8.64. The van der Waals surface area contributed by atoms with Crippen LogP contribution < -0.4 is 10.6 Å². The van der Waals surface area contributed by atoms with Crippen molar-refractivity contribution in [2.24, 2.45) is 4.99 Å². The number of hydrogen-bond donors (Lipinski definition) is 2. The molecule has 0 bridgehead atoms. The lowest BCUT2D eigenvalue weighted by atomic mass is 10.2. The second-order valence-electron chi connectivity index (χ2n) is 5.92. The third-order valence-electron chi connectivity index (χ3n) is 3.94. The van der Waals surface area contributed by atoms with E-state index in [-0.39, 0.29) is 0 Å². The Kier molecular flexibility index (Phi) is 6.38. The summed E-state index contributed by atoms with van der Waals surface area (Å²) in [5.41, 5.74) is 1.27. The fraction of sp³-hybridized carbons (Fsp3) is 0.316. The largest absolute Gasteiger partial charge is 0.356 e. The zero-order valence-electron chi connectivity index (χ0n) is 15.1. The third-order valence-corrected chi connectivity index (χ3v) is 4.85. The monoisotopic (exact) mass is 368 g/mol. The van der Waals surface area contributed by atoms with Crippen LogP contribution in [0.15, 0.2) is 53.9 Å². The topological polar surface area (TPSA) is 67.1 Å². The average molecular weight is 369 g/mol. The van der Waals surface area contributed by atoms with Gasteiger partial charge in [0.1, 0.15) is 10.8 Å². The summed E-state index contributed by atoms with van der Waals surface area (Å²) in [6, 6.07) is 10.4. The summed E-state index contributed by atoms with van der Waals surface area (Å²) < 4.78 is 2.19. The van der Waals surface area contributed by atoms with Crippen LogP contribution in [0.4, 0.5) is 0 Å². The van der Waals surface area contributed by atoms with Crippen molar-refractivity contribution in [2.75, 3.05) is 13.6 Å². The van der Waals surface area contributed by atoms with E-state index in [4.69, 9.17) is 0 Å². The van der Waals surface area contributed by atoms with E-state index in [2.05, 4.69) is 61.4 Å². The van der Waals surface area contributed by atoms with Crippen molar-refractivity contribution in [1.29, 1.82) is 0 Å². The van der Waals surface area contributed by atoms with Gasteiger partial charge in [-0.1, -0.05) is 30.3 Å². The van der Waals surface area contributed by atoms with Crippen LogP contribution in [0.3, 0.4) is 0 Å². The zero-order valence-corrected chi connectivity index (χ0v) is 16.0. The molecule has 0 aliphatic rings. The predicted molar refractivity (Wildman–Crippen MR) is 107 cm³/mol. The van der Waals surface area contributed by atoms with Gasteiger partial charge >= 0.3 is 0 Å². The summed E-state index contributed by atoms with van der Waals surface area (Å²) in [5.74, 6) is 1.84. The molecule has 0 radical (unpaired) electrons. The maximum Gasteiger partial charge on any atom is 0.191 e. The standard InChI is InChI=1S/C19H24N6S/c1-15-12-23-18(26-15)13-24-19(20-2)22-9-8-17-21-10-11-25(17)14-16-6-4-3-5-7-16/h3-7,10-12H,8-9,13-14H2,1-2H3,(H2,20,22,24). The van der Waals surface area contributed by atoms with Gasteiger partial charge in [-0.2, -0.15) is 0 Å². The highest BCUT2D eigenvalue weighted by Gasteiger charge is 2.05. The van der Waals surface area contributed by atoms with Crippen molar-refractivity contribution in [3.05, 3.63) is 70.2 Å². The summed E-state index contributed by atoms with van der Waals surface area (Å²) in [6.45, 7) is 4.35. The molecular weight excluding hydrogens is 344 g/mol. The molecule has 3 rings (SSSR count). The molecule has 3 aromatic rings. The van der Waals surface area contributed by atoms with E-state index in [9.17, 15) is 0 Å². The molecule has 136 valence electrons. The van der Waals surface area contributed by atoms with E-state index in [1.54, 1.807) is 18.4 Å². The van der Waals surface area contributed by atoms with Gasteiger partial charge in [0.25, 0.3) is 0 Å². The van der Waals surface area contributed by atoms with E-state index in [1.165, 1.54) is 10.4 Å². The van der Waals surface area contributed by atoms with Crippen molar-refractivity contribution < 1.29 is 0 Å². The number of imidazole rings is 1. The van der Waals surface area contributed by atoms with Gasteiger partial charge in [0.2, 0.25) is 0 Å². The Hall–Kier alpha value is -2.67. The van der Waals surface area contributed by atoms with Gasteiger partial charge in [-0.3, -0.25) is 4.99 Å². The highest BCUT2D eigenvalue weighted by molar-refractivity contribution is 7.11. The van der Waals surface area contributed by atoms with Crippen LogP contribution in [-0.4, -0.2) is 34.1 Å². The van der Waals surface area contributed by atoms with Gasteiger partial charge in [0, 0.05) is 50.0 Å². The molecule has 2 N–H and O–H groups in total. The minimum atomic E-state index is 0.681. The van der Waals surface area contributed by atoms with Crippen LogP contribution in [0.2, 0.25) is 0 Å². The molecule has 1 aromatic carbocycles. The highest BCUT2D eigenvalue weighted by atomic mass is 32.1. The van der Waals surface area contributed by atoms with Gasteiger partial charge in [0.15, 0.2) is 5.96 Å². The Morgan fingerprint density at radius 2 is 2.04 bits per heavy atom. The molecule has 2 heterocycles. The molecule has 0 atom stereocenters. The average Bonchev–Trinajstić information content (AvgIpc) is 3.27. The number of thiazole rings is 1. The highest BCUT2D eigenvalue weighted by Crippen LogP contribution is 2.10. The summed E-state index contributed by atoms with van der Waals surface area (Å²) in [5, 5.41) is 7.69. The second-order valence-corrected chi connectivity index (χ2v) is 7.24. The molecule has 0 amide bonds. The summed E-state index contributed by atoms with van der Waals surface area (Å²) in [7, 11) is 1.78. The minimum Gasteiger partial charge on any atom is -0.356 e. The number of aliphatic imine (C=N–C) groups is 1. The maximum atomic E-state index is 4.49. The van der Waals surface area contributed by atoms with Crippen LogP contribution in [0, 0.1) is 6.92 Å². The summed E-state index contributed by atoms with van der Waals surface area (Å²) in [6.07, 6.45) is 6.61. The third kappa shape index (κ3) is 5.16. The van der Waals surface area contributed by atoms with Gasteiger partial charge in [0.05, 0.1) is 6.54 Å². The first kappa shape index (κ1) is 18.1. The molecule has 7 heteroatoms. The maximum absolute atomic E-state index is 4.49. The number of guanidine groups is 1. The van der Waals surface area contributed by atoms with Crippen LogP contribution in [-0.2, 0) is 19.5 Å². The lowest BCUT2D eigenvalue weighted by molar-refractivity contribution is 0.694. The lowest BCUT2D eigenvalue weighted by Crippen LogP contribution is -2.38. The molecule has 0 aliphatic heterocycles. The normalized spacial score (nSPS) is 11.5. The second kappa shape index (κ2) is 9.15. The van der Waals surface area contributed by atoms with E-state index in [0.29, 0.717) is 6.54 Å². The lowest BCUT2D eigenvalue weighted by Gasteiger charge is -2.12. The van der Waals surface area contributed by atoms with E-state index in [1.807, 2.05) is 24.7 Å². The fourth-order valence-corrected chi connectivity index (χ4v) is 3.37. The Morgan fingerprint density at radius 1 is 1.19 bits per heavy atom. The molecule has 6 nitrogen and oxygen atoms in total. The Labute approximate surface area is 158 Å². The van der Waals surface area contributed by atoms with Gasteiger partial charge in [-0.25, -0.2) is 9.97 Å². The van der Waals surface area contributed by atoms with Crippen molar-refractivity contribution in [3.8, 4) is 0 Å². The number of aryl methyl sites for hydroxylation is 1. The van der Waals surface area contributed by atoms with Crippen molar-refractivity contribution >= 4 is 17.3 Å². The van der Waals surface area contributed by atoms with Crippen LogP contribution in [0.25, 0.3) is 0 Å². The first-order valence-corrected chi connectivity index (χ1v) is 9.46. The Bertz CT molecular complexity index is 837. The molecule has 0 saturated heterocycles. The molecule has 0 unspecified atom stereocenters. The summed E-state index contributed by atoms with van der Waals surface area (Å²) >= 11 is 1.70. The van der Waals surface area contributed by atoms with Crippen LogP contribution in [0.5, 0.6) is 0 Å². The van der Waals surface area contributed by atoms with Gasteiger partial charge in [-0.15, -0.1) is 11.3 Å². The van der Waals surface area contributed by atoms with Gasteiger partial charge < -0.3 is 15.2 Å². The Balaban J connectivity index is 1.47. The number of aromatic nitrogens is 3. The zero-order chi connectivity index (χ0) is 18.2. The van der Waals surface area contributed by atoms with E-state index in [0.717, 1.165) is 36.3 Å². The quantitative estimate of drug-likeness (QED) is 0.497. The Morgan fingerprint density at radius 3 is 2.77 bits per heavy atom. The molecular formula is C19H24N6S. The number of nitrogens with zero attached hydrogens (tertiary/aromatic N) is 4. The molecule has 26 heavy (non-hydrogen) atoms. The fourth-order valence-electron chi connectivity index (χ4n) is 2.65. The van der Waals surface area contributed by atoms with E-state index >= 15 is 0 Å². The smallest absolute Gasteiger partial charge is 0.191 e. The number of benzene rings is 1. The van der Waals surface area contributed by atoms with Crippen LogP contribution in [0.1, 0.15) is 21.3 Å². The molecule has 0 aliphatic carbocycles. The molecule has 0 fully saturated rings. The molecule has 0 spiro atoms. The first-order chi connectivity index (χ1) is 12.7. The van der Waals surface area contributed by atoms with Crippen molar-refractivity contribution in [1.82, 2.24) is 25.2 Å². The van der Waals surface area contributed by atoms with Gasteiger partial charge in [-0.05, 0) is 12.5 Å². The summed E-state index contributed by atoms with van der Waals surface area (Å²) in [4.78, 5) is 14.3. The molecule has 0 saturated carbocycles. The SMILES string of the molecule is CN=C(NCCc1nccn1Cc1ccccc1)NCc1ncc(C)s1.